The fourth-order valence-corrected chi connectivity index (χ4v) is 4.79. The van der Waals surface area contributed by atoms with E-state index in [2.05, 4.69) is 14.3 Å². The van der Waals surface area contributed by atoms with Gasteiger partial charge < -0.3 is 9.30 Å². The highest BCUT2D eigenvalue weighted by Gasteiger charge is 2.18. The molecule has 0 spiro atoms. The molecule has 2 rings (SSSR count). The summed E-state index contributed by atoms with van der Waals surface area (Å²) in [5, 5.41) is 0.499. The van der Waals surface area contributed by atoms with Crippen molar-refractivity contribution < 1.29 is 17.9 Å². The number of ether oxygens (including phenoxy) is 1. The van der Waals surface area contributed by atoms with Crippen molar-refractivity contribution in [3.63, 3.8) is 0 Å². The fourth-order valence-electron chi connectivity index (χ4n) is 3.59. The van der Waals surface area contributed by atoms with Gasteiger partial charge in [-0.3, -0.25) is 4.79 Å². The Morgan fingerprint density at radius 1 is 1.12 bits per heavy atom. The second-order valence-electron chi connectivity index (χ2n) is 9.28. The number of benzene rings is 1. The molecule has 0 aliphatic heterocycles. The maximum absolute atomic E-state index is 12.4. The summed E-state index contributed by atoms with van der Waals surface area (Å²) in [7, 11) is -3.53. The summed E-state index contributed by atoms with van der Waals surface area (Å²) < 4.78 is 34.9. The monoisotopic (exact) mass is 497 g/mol. The number of aromatic nitrogens is 2. The van der Waals surface area contributed by atoms with Crippen LogP contribution in [0.1, 0.15) is 65.7 Å². The molecule has 1 heterocycles. The first-order valence-corrected chi connectivity index (χ1v) is 13.3. The number of hydrogen-bond acceptors (Lipinski definition) is 5. The van der Waals surface area contributed by atoms with Crippen molar-refractivity contribution in [1.29, 1.82) is 0 Å². The van der Waals surface area contributed by atoms with Gasteiger partial charge in [0.2, 0.25) is 10.0 Å². The quantitative estimate of drug-likeness (QED) is 0.286. The smallest absolute Gasteiger partial charge is 0.306 e. The van der Waals surface area contributed by atoms with Gasteiger partial charge in [-0.25, -0.2) is 18.1 Å². The summed E-state index contributed by atoms with van der Waals surface area (Å²) in [5.74, 6) is 0.215. The summed E-state index contributed by atoms with van der Waals surface area (Å²) in [6.45, 7) is 6.89. The molecular weight excluding hydrogens is 462 g/mol. The summed E-state index contributed by atoms with van der Waals surface area (Å²) in [4.78, 5) is 16.4. The molecule has 1 aromatic heterocycles. The zero-order chi connectivity index (χ0) is 24.3. The molecule has 7 nitrogen and oxygen atoms in total. The molecule has 33 heavy (non-hydrogen) atoms. The van der Waals surface area contributed by atoms with E-state index in [1.807, 2.05) is 33.3 Å². The first-order valence-electron chi connectivity index (χ1n) is 11.5. The van der Waals surface area contributed by atoms with Gasteiger partial charge in [-0.2, -0.15) is 0 Å². The Kier molecular flexibility index (Phi) is 10.9. The van der Waals surface area contributed by atoms with E-state index in [9.17, 15) is 13.2 Å². The molecule has 0 radical (unpaired) electrons. The highest BCUT2D eigenvalue weighted by atomic mass is 35.5. The number of aryl methyl sites for hydroxylation is 1. The SMILES string of the molecule is CC(C)(C)OC(=O)CCC(CCCCNS(=O)(=O)c1ccc(Cl)cc1)CCCn1ccnc1. The van der Waals surface area contributed by atoms with Gasteiger partial charge in [0, 0.05) is 36.9 Å². The van der Waals surface area contributed by atoms with Gasteiger partial charge in [0.05, 0.1) is 11.2 Å². The number of carbonyl (C=O) groups is 1. The number of halogens is 1. The van der Waals surface area contributed by atoms with Crippen molar-refractivity contribution in [2.45, 2.75) is 82.8 Å². The van der Waals surface area contributed by atoms with Crippen LogP contribution in [0.5, 0.6) is 0 Å². The van der Waals surface area contributed by atoms with E-state index in [-0.39, 0.29) is 10.9 Å². The second-order valence-corrected chi connectivity index (χ2v) is 11.5. The van der Waals surface area contributed by atoms with Crippen LogP contribution in [-0.4, -0.2) is 36.1 Å². The molecule has 0 amide bonds. The molecule has 0 aliphatic carbocycles. The Morgan fingerprint density at radius 3 is 2.45 bits per heavy atom. The summed E-state index contributed by atoms with van der Waals surface area (Å²) >= 11 is 5.83. The number of nitrogens with one attached hydrogen (secondary N) is 1. The van der Waals surface area contributed by atoms with Crippen molar-refractivity contribution in [3.8, 4) is 0 Å². The van der Waals surface area contributed by atoms with E-state index < -0.39 is 15.6 Å². The normalized spacial score (nSPS) is 13.1. The van der Waals surface area contributed by atoms with E-state index >= 15 is 0 Å². The number of nitrogens with zero attached hydrogens (tertiary/aromatic N) is 2. The highest BCUT2D eigenvalue weighted by molar-refractivity contribution is 7.89. The summed E-state index contributed by atoms with van der Waals surface area (Å²) in [5.41, 5.74) is -0.477. The van der Waals surface area contributed by atoms with Crippen LogP contribution in [0.15, 0.2) is 47.9 Å². The van der Waals surface area contributed by atoms with Crippen molar-refractivity contribution in [2.75, 3.05) is 6.54 Å². The van der Waals surface area contributed by atoms with Crippen LogP contribution < -0.4 is 4.72 Å². The molecule has 0 bridgehead atoms. The molecule has 1 N–H and O–H groups in total. The Balaban J connectivity index is 1.77. The Hall–Kier alpha value is -1.90. The average molecular weight is 498 g/mol. The number of hydrogen-bond donors (Lipinski definition) is 1. The largest absolute Gasteiger partial charge is 0.460 e. The number of carbonyl (C=O) groups excluding carboxylic acids is 1. The summed E-state index contributed by atoms with van der Waals surface area (Å²) in [6.07, 6.45) is 11.2. The van der Waals surface area contributed by atoms with Gasteiger partial charge in [0.25, 0.3) is 0 Å². The number of unbranched alkanes of at least 4 members (excludes halogenated alkanes) is 1. The number of imidazole rings is 1. The second kappa shape index (κ2) is 13.1. The molecule has 1 atom stereocenters. The molecule has 9 heteroatoms. The van der Waals surface area contributed by atoms with E-state index in [0.29, 0.717) is 23.9 Å². The predicted octanol–water partition coefficient (Wildman–Crippen LogP) is 5.20. The standard InChI is InChI=1S/C24H36ClN3O4S/c1-24(2,3)32-23(29)14-9-20(8-6-17-28-18-16-26-19-28)7-4-5-15-27-33(30,31)22-12-10-21(25)11-13-22/h10-13,16,18-20,27H,4-9,14-15,17H2,1-3H3. The fraction of sp³-hybridized carbons (Fsp3) is 0.583. The van der Waals surface area contributed by atoms with Crippen LogP contribution in [0.2, 0.25) is 5.02 Å². The lowest BCUT2D eigenvalue weighted by molar-refractivity contribution is -0.155. The highest BCUT2D eigenvalue weighted by Crippen LogP contribution is 2.22. The van der Waals surface area contributed by atoms with Crippen molar-refractivity contribution in [3.05, 3.63) is 48.0 Å². The minimum absolute atomic E-state index is 0.169. The number of sulfonamides is 1. The van der Waals surface area contributed by atoms with Gasteiger partial charge >= 0.3 is 5.97 Å². The minimum Gasteiger partial charge on any atom is -0.460 e. The van der Waals surface area contributed by atoms with Crippen molar-refractivity contribution >= 4 is 27.6 Å². The zero-order valence-electron chi connectivity index (χ0n) is 19.8. The molecule has 0 saturated heterocycles. The van der Waals surface area contributed by atoms with Crippen LogP contribution >= 0.6 is 11.6 Å². The first kappa shape index (κ1) is 27.3. The van der Waals surface area contributed by atoms with Crippen molar-refractivity contribution in [1.82, 2.24) is 14.3 Å². The van der Waals surface area contributed by atoms with Gasteiger partial charge in [0.1, 0.15) is 5.60 Å². The van der Waals surface area contributed by atoms with Gasteiger partial charge in [-0.15, -0.1) is 0 Å². The van der Waals surface area contributed by atoms with Crippen LogP contribution in [0, 0.1) is 5.92 Å². The zero-order valence-corrected chi connectivity index (χ0v) is 21.4. The molecular formula is C24H36ClN3O4S. The van der Waals surface area contributed by atoms with E-state index in [0.717, 1.165) is 45.1 Å². The maximum atomic E-state index is 12.4. The first-order chi connectivity index (χ1) is 15.5. The lowest BCUT2D eigenvalue weighted by Crippen LogP contribution is -2.25. The van der Waals surface area contributed by atoms with Crippen LogP contribution in [0.3, 0.4) is 0 Å². The molecule has 1 unspecified atom stereocenters. The third-order valence-corrected chi connectivity index (χ3v) is 6.95. The third kappa shape index (κ3) is 11.2. The van der Waals surface area contributed by atoms with Crippen LogP contribution in [0.4, 0.5) is 0 Å². The lowest BCUT2D eigenvalue weighted by Gasteiger charge is -2.21. The molecule has 1 aromatic carbocycles. The van der Waals surface area contributed by atoms with Gasteiger partial charge in [-0.1, -0.05) is 24.4 Å². The Labute approximate surface area is 202 Å². The van der Waals surface area contributed by atoms with E-state index in [1.54, 1.807) is 18.3 Å². The molecule has 184 valence electrons. The minimum atomic E-state index is -3.53. The van der Waals surface area contributed by atoms with Crippen molar-refractivity contribution in [2.24, 2.45) is 5.92 Å². The number of rotatable bonds is 14. The average Bonchev–Trinajstić information content (AvgIpc) is 3.23. The number of esters is 1. The van der Waals surface area contributed by atoms with Crippen LogP contribution in [0.25, 0.3) is 0 Å². The Bertz CT molecular complexity index is 939. The summed E-state index contributed by atoms with van der Waals surface area (Å²) in [6, 6.07) is 6.12. The van der Waals surface area contributed by atoms with Crippen LogP contribution in [-0.2, 0) is 26.1 Å². The lowest BCUT2D eigenvalue weighted by atomic mass is 9.92. The third-order valence-electron chi connectivity index (χ3n) is 5.22. The molecule has 0 saturated carbocycles. The van der Waals surface area contributed by atoms with E-state index in [4.69, 9.17) is 16.3 Å². The topological polar surface area (TPSA) is 90.3 Å². The molecule has 0 aliphatic rings. The van der Waals surface area contributed by atoms with E-state index in [1.165, 1.54) is 12.1 Å². The molecule has 0 fully saturated rings. The maximum Gasteiger partial charge on any atom is 0.306 e. The Morgan fingerprint density at radius 2 is 1.82 bits per heavy atom. The van der Waals surface area contributed by atoms with Gasteiger partial charge in [0.15, 0.2) is 0 Å². The molecule has 2 aromatic rings. The van der Waals surface area contributed by atoms with Gasteiger partial charge in [-0.05, 0) is 76.6 Å². The predicted molar refractivity (Wildman–Crippen MR) is 131 cm³/mol.